The number of hydrogen-bond acceptors (Lipinski definition) is 4. The Labute approximate surface area is 161 Å². The van der Waals surface area contributed by atoms with Gasteiger partial charge in [-0.2, -0.15) is 0 Å². The van der Waals surface area contributed by atoms with E-state index in [4.69, 9.17) is 11.2 Å². The fraction of sp³-hybridized carbons (Fsp3) is 0.739. The van der Waals surface area contributed by atoms with Gasteiger partial charge in [-0.1, -0.05) is 25.3 Å². The number of carbonyl (C=O) groups is 2. The first-order valence-electron chi connectivity index (χ1n) is 10.3. The van der Waals surface area contributed by atoms with Gasteiger partial charge in [-0.3, -0.25) is 9.59 Å². The molecule has 0 saturated heterocycles. The van der Waals surface area contributed by atoms with Crippen LogP contribution < -0.4 is 0 Å². The highest BCUT2D eigenvalue weighted by molar-refractivity contribution is 5.91. The number of carbonyl (C=O) groups excluding carboxylic acids is 2. The van der Waals surface area contributed by atoms with E-state index in [-0.39, 0.29) is 23.1 Å². The quantitative estimate of drug-likeness (QED) is 0.567. The predicted molar refractivity (Wildman–Crippen MR) is 101 cm³/mol. The molecule has 4 heteroatoms. The van der Waals surface area contributed by atoms with Crippen LogP contribution in [0, 0.1) is 40.9 Å². The molecule has 27 heavy (non-hydrogen) atoms. The molecule has 0 aromatic rings. The summed E-state index contributed by atoms with van der Waals surface area (Å²) in [5.41, 5.74) is -0.213. The summed E-state index contributed by atoms with van der Waals surface area (Å²) < 4.78 is 5.75. The van der Waals surface area contributed by atoms with E-state index in [9.17, 15) is 14.7 Å². The van der Waals surface area contributed by atoms with Crippen molar-refractivity contribution in [2.45, 2.75) is 77.4 Å². The lowest BCUT2D eigenvalue weighted by molar-refractivity contribution is -0.183. The number of ether oxygens (including phenoxy) is 1. The highest BCUT2D eigenvalue weighted by atomic mass is 16.6. The molecule has 0 spiro atoms. The molecule has 3 saturated carbocycles. The molecule has 0 heterocycles. The van der Waals surface area contributed by atoms with Crippen molar-refractivity contribution in [1.82, 2.24) is 0 Å². The minimum Gasteiger partial charge on any atom is -0.445 e. The van der Waals surface area contributed by atoms with Crippen LogP contribution >= 0.6 is 0 Å². The molecule has 4 aliphatic carbocycles. The lowest BCUT2D eigenvalue weighted by Crippen LogP contribution is -2.60. The zero-order chi connectivity index (χ0) is 19.6. The molecule has 0 bridgehead atoms. The van der Waals surface area contributed by atoms with E-state index in [0.29, 0.717) is 31.1 Å². The highest BCUT2D eigenvalue weighted by Crippen LogP contribution is 2.68. The van der Waals surface area contributed by atoms with E-state index in [1.807, 2.05) is 6.08 Å². The zero-order valence-electron chi connectivity index (χ0n) is 16.6. The normalized spacial score (nSPS) is 48.6. The Morgan fingerprint density at radius 3 is 2.70 bits per heavy atom. The average molecular weight is 370 g/mol. The molecule has 0 aromatic carbocycles. The van der Waals surface area contributed by atoms with Gasteiger partial charge in [0.25, 0.3) is 0 Å². The van der Waals surface area contributed by atoms with Gasteiger partial charge in [0.1, 0.15) is 0 Å². The van der Waals surface area contributed by atoms with Crippen LogP contribution in [0.5, 0.6) is 0 Å². The van der Waals surface area contributed by atoms with Crippen LogP contribution in [0.4, 0.5) is 0 Å². The Hall–Kier alpha value is -1.60. The summed E-state index contributed by atoms with van der Waals surface area (Å²) >= 11 is 0. The summed E-state index contributed by atoms with van der Waals surface area (Å²) in [5.74, 6) is 3.52. The van der Waals surface area contributed by atoms with Crippen LogP contribution in [0.25, 0.3) is 0 Å². The van der Waals surface area contributed by atoms with Gasteiger partial charge in [0.15, 0.2) is 11.4 Å². The third kappa shape index (κ3) is 2.40. The van der Waals surface area contributed by atoms with Crippen LogP contribution in [0.2, 0.25) is 0 Å². The van der Waals surface area contributed by atoms with Gasteiger partial charge in [0, 0.05) is 18.8 Å². The van der Waals surface area contributed by atoms with Crippen molar-refractivity contribution in [3.63, 3.8) is 0 Å². The van der Waals surface area contributed by atoms with E-state index < -0.39 is 17.1 Å². The molecule has 0 aromatic heterocycles. The Morgan fingerprint density at radius 2 is 2.04 bits per heavy atom. The van der Waals surface area contributed by atoms with Crippen LogP contribution in [-0.2, 0) is 14.3 Å². The van der Waals surface area contributed by atoms with Crippen molar-refractivity contribution in [3.8, 4) is 12.3 Å². The average Bonchev–Trinajstić information content (AvgIpc) is 2.87. The lowest BCUT2D eigenvalue weighted by Gasteiger charge is -2.60. The van der Waals surface area contributed by atoms with Crippen molar-refractivity contribution >= 4 is 11.8 Å². The van der Waals surface area contributed by atoms with Crippen molar-refractivity contribution in [2.75, 3.05) is 0 Å². The molecular formula is C23H30O4. The van der Waals surface area contributed by atoms with Crippen molar-refractivity contribution in [3.05, 3.63) is 11.6 Å². The summed E-state index contributed by atoms with van der Waals surface area (Å²) in [7, 11) is 0. The smallest absolute Gasteiger partial charge is 0.304 e. The summed E-state index contributed by atoms with van der Waals surface area (Å²) in [5, 5.41) is 11.3. The summed E-state index contributed by atoms with van der Waals surface area (Å²) in [6.07, 6.45) is 12.7. The maximum absolute atomic E-state index is 12.0. The van der Waals surface area contributed by atoms with Gasteiger partial charge in [-0.15, -0.1) is 6.42 Å². The third-order valence-electron chi connectivity index (χ3n) is 8.57. The molecule has 0 amide bonds. The fourth-order valence-electron chi connectivity index (χ4n) is 7.35. The Morgan fingerprint density at radius 1 is 1.30 bits per heavy atom. The number of ketones is 1. The molecular weight excluding hydrogens is 340 g/mol. The van der Waals surface area contributed by atoms with Gasteiger partial charge >= 0.3 is 5.97 Å². The molecule has 4 rings (SSSR count). The van der Waals surface area contributed by atoms with Gasteiger partial charge < -0.3 is 9.84 Å². The SMILES string of the molecule is C#C[C@@]1(OC(C)=O)CC[C@H]2[C@@H]3CCC4=CC(=O)CC[C@]4(C)[C@H]3[C@@H](O)C[C@@]21C. The van der Waals surface area contributed by atoms with E-state index >= 15 is 0 Å². The number of aliphatic hydroxyl groups excluding tert-OH is 1. The number of allylic oxidation sites excluding steroid dienone is 1. The highest BCUT2D eigenvalue weighted by Gasteiger charge is 2.67. The van der Waals surface area contributed by atoms with Crippen LogP contribution in [0.3, 0.4) is 0 Å². The molecule has 4 nitrogen and oxygen atoms in total. The van der Waals surface area contributed by atoms with Gasteiger partial charge in [0.2, 0.25) is 0 Å². The van der Waals surface area contributed by atoms with Crippen molar-refractivity contribution in [1.29, 1.82) is 0 Å². The summed E-state index contributed by atoms with van der Waals surface area (Å²) in [4.78, 5) is 23.7. The molecule has 0 unspecified atom stereocenters. The minimum atomic E-state index is -0.922. The van der Waals surface area contributed by atoms with E-state index in [1.54, 1.807) is 0 Å². The van der Waals surface area contributed by atoms with Gasteiger partial charge in [-0.05, 0) is 67.8 Å². The lowest BCUT2D eigenvalue weighted by atomic mass is 9.45. The molecule has 0 aliphatic heterocycles. The second kappa shape index (κ2) is 5.95. The molecule has 1 N–H and O–H groups in total. The number of aliphatic hydroxyl groups is 1. The monoisotopic (exact) mass is 370 g/mol. The number of esters is 1. The minimum absolute atomic E-state index is 0.111. The first-order valence-corrected chi connectivity index (χ1v) is 10.3. The van der Waals surface area contributed by atoms with E-state index in [0.717, 1.165) is 25.7 Å². The molecule has 4 aliphatic rings. The second-order valence-corrected chi connectivity index (χ2v) is 9.68. The first-order chi connectivity index (χ1) is 12.7. The fourth-order valence-corrected chi connectivity index (χ4v) is 7.35. The standard InChI is InChI=1S/C23H30O4/c1-5-23(27-14(2)24)11-9-18-17-7-6-15-12-16(25)8-10-21(15,3)20(17)19(26)13-22(18,23)4/h1,12,17-20,26H,6-11,13H2,2-4H3/t17-,18-,19-,20+,21-,22-,23+/m0/s1. The Bertz CT molecular complexity index is 761. The maximum Gasteiger partial charge on any atom is 0.304 e. The Balaban J connectivity index is 1.74. The maximum atomic E-state index is 12.0. The second-order valence-electron chi connectivity index (χ2n) is 9.68. The van der Waals surface area contributed by atoms with Crippen molar-refractivity contribution in [2.24, 2.45) is 28.6 Å². The van der Waals surface area contributed by atoms with E-state index in [2.05, 4.69) is 19.8 Å². The third-order valence-corrected chi connectivity index (χ3v) is 8.57. The largest absolute Gasteiger partial charge is 0.445 e. The molecule has 7 atom stereocenters. The predicted octanol–water partition coefficient (Wildman–Crippen LogP) is 3.42. The topological polar surface area (TPSA) is 63.6 Å². The number of rotatable bonds is 1. The number of fused-ring (bicyclic) bond motifs is 5. The van der Waals surface area contributed by atoms with Crippen LogP contribution in [-0.4, -0.2) is 28.6 Å². The zero-order valence-corrected chi connectivity index (χ0v) is 16.6. The number of hydrogen-bond donors (Lipinski definition) is 1. The summed E-state index contributed by atoms with van der Waals surface area (Å²) in [6, 6.07) is 0. The van der Waals surface area contributed by atoms with Crippen molar-refractivity contribution < 1.29 is 19.4 Å². The first kappa shape index (κ1) is 18.7. The molecule has 3 fully saturated rings. The number of terminal acetylenes is 1. The van der Waals surface area contributed by atoms with Gasteiger partial charge in [-0.25, -0.2) is 0 Å². The van der Waals surface area contributed by atoms with Gasteiger partial charge in [0.05, 0.1) is 6.10 Å². The molecule has 146 valence electrons. The van der Waals surface area contributed by atoms with Crippen LogP contribution in [0.1, 0.15) is 65.7 Å². The molecule has 0 radical (unpaired) electrons. The van der Waals surface area contributed by atoms with E-state index in [1.165, 1.54) is 12.5 Å². The summed E-state index contributed by atoms with van der Waals surface area (Å²) in [6.45, 7) is 5.77. The Kier molecular flexibility index (Phi) is 4.13. The van der Waals surface area contributed by atoms with Crippen LogP contribution in [0.15, 0.2) is 11.6 Å².